The van der Waals surface area contributed by atoms with E-state index in [2.05, 4.69) is 12.2 Å². The van der Waals surface area contributed by atoms with Crippen molar-refractivity contribution in [2.45, 2.75) is 58.2 Å². The van der Waals surface area contributed by atoms with Gasteiger partial charge in [0.05, 0.1) is 6.10 Å². The van der Waals surface area contributed by atoms with Crippen LogP contribution in [0.5, 0.6) is 0 Å². The van der Waals surface area contributed by atoms with Crippen LogP contribution in [0.1, 0.15) is 40.0 Å². The third-order valence-electron chi connectivity index (χ3n) is 3.11. The fraction of sp³-hybridized carbons (Fsp3) is 1.00. The zero-order valence-electron chi connectivity index (χ0n) is 8.38. The Morgan fingerprint density at radius 1 is 1.25 bits per heavy atom. The molecule has 72 valence electrons. The molecule has 12 heavy (non-hydrogen) atoms. The van der Waals surface area contributed by atoms with E-state index in [9.17, 15) is 5.11 Å². The largest absolute Gasteiger partial charge is 0.392 e. The van der Waals surface area contributed by atoms with Gasteiger partial charge in [-0.25, -0.2) is 0 Å². The van der Waals surface area contributed by atoms with Crippen molar-refractivity contribution < 1.29 is 5.11 Å². The molecule has 3 atom stereocenters. The van der Waals surface area contributed by atoms with Crippen molar-refractivity contribution >= 4 is 0 Å². The van der Waals surface area contributed by atoms with E-state index < -0.39 is 0 Å². The molecular formula is C10H21NO. The first kappa shape index (κ1) is 10.0. The van der Waals surface area contributed by atoms with E-state index in [0.29, 0.717) is 6.04 Å². The summed E-state index contributed by atoms with van der Waals surface area (Å²) in [6, 6.07) is 0.795. The smallest absolute Gasteiger partial charge is 0.0662 e. The number of hydrogen-bond donors (Lipinski definition) is 2. The van der Waals surface area contributed by atoms with Gasteiger partial charge in [-0.2, -0.15) is 0 Å². The Balaban J connectivity index is 2.20. The minimum atomic E-state index is -0.243. The Hall–Kier alpha value is -0.0800. The molecule has 0 bridgehead atoms. The molecule has 0 spiro atoms. The van der Waals surface area contributed by atoms with E-state index in [4.69, 9.17) is 0 Å². The summed E-state index contributed by atoms with van der Waals surface area (Å²) >= 11 is 0. The third-order valence-corrected chi connectivity index (χ3v) is 3.11. The van der Waals surface area contributed by atoms with Gasteiger partial charge in [-0.15, -0.1) is 0 Å². The number of nitrogens with one attached hydrogen (secondary N) is 1. The van der Waals surface area contributed by atoms with Crippen molar-refractivity contribution in [1.82, 2.24) is 5.32 Å². The van der Waals surface area contributed by atoms with Gasteiger partial charge in [-0.1, -0.05) is 6.42 Å². The molecule has 0 aromatic carbocycles. The minimum Gasteiger partial charge on any atom is -0.392 e. The zero-order valence-corrected chi connectivity index (χ0v) is 8.38. The predicted octanol–water partition coefficient (Wildman–Crippen LogP) is 1.53. The molecule has 0 aromatic rings. The van der Waals surface area contributed by atoms with Crippen molar-refractivity contribution in [3.8, 4) is 0 Å². The maximum absolute atomic E-state index is 9.28. The highest BCUT2D eigenvalue weighted by molar-refractivity contribution is 4.82. The summed E-state index contributed by atoms with van der Waals surface area (Å²) in [7, 11) is 0. The minimum absolute atomic E-state index is 0.223. The van der Waals surface area contributed by atoms with Gasteiger partial charge < -0.3 is 10.4 Å². The molecule has 0 aliphatic heterocycles. The highest BCUT2D eigenvalue weighted by Gasteiger charge is 2.25. The number of rotatable bonds is 4. The summed E-state index contributed by atoms with van der Waals surface area (Å²) in [5.74, 6) is 0.853. The molecule has 3 unspecified atom stereocenters. The summed E-state index contributed by atoms with van der Waals surface area (Å²) in [6.45, 7) is 6.10. The second-order valence-electron chi connectivity index (χ2n) is 4.18. The van der Waals surface area contributed by atoms with Gasteiger partial charge in [-0.3, -0.25) is 0 Å². The fourth-order valence-electron chi connectivity index (χ4n) is 1.63. The van der Waals surface area contributed by atoms with Crippen LogP contribution in [-0.2, 0) is 0 Å². The van der Waals surface area contributed by atoms with Crippen LogP contribution in [-0.4, -0.2) is 23.3 Å². The highest BCUT2D eigenvalue weighted by atomic mass is 16.3. The normalized spacial score (nSPS) is 26.0. The van der Waals surface area contributed by atoms with E-state index in [0.717, 1.165) is 5.92 Å². The second kappa shape index (κ2) is 4.24. The van der Waals surface area contributed by atoms with Gasteiger partial charge in [0.2, 0.25) is 0 Å². The van der Waals surface area contributed by atoms with Crippen LogP contribution < -0.4 is 5.32 Å². The Morgan fingerprint density at radius 3 is 2.17 bits per heavy atom. The molecule has 2 nitrogen and oxygen atoms in total. The predicted molar refractivity (Wildman–Crippen MR) is 51.1 cm³/mol. The first-order valence-electron chi connectivity index (χ1n) is 5.05. The van der Waals surface area contributed by atoms with Crippen LogP contribution in [0.4, 0.5) is 0 Å². The van der Waals surface area contributed by atoms with Crippen LogP contribution in [0.15, 0.2) is 0 Å². The molecule has 0 amide bonds. The van der Waals surface area contributed by atoms with E-state index in [1.54, 1.807) is 0 Å². The molecule has 2 heteroatoms. The van der Waals surface area contributed by atoms with E-state index in [1.165, 1.54) is 19.3 Å². The average Bonchev–Trinajstić information content (AvgIpc) is 1.82. The molecule has 1 aliphatic carbocycles. The van der Waals surface area contributed by atoms with Gasteiger partial charge in [0, 0.05) is 12.1 Å². The lowest BCUT2D eigenvalue weighted by Crippen LogP contribution is -2.46. The van der Waals surface area contributed by atoms with Crippen molar-refractivity contribution in [1.29, 1.82) is 0 Å². The summed E-state index contributed by atoms with van der Waals surface area (Å²) in [6.07, 6.45) is 3.87. The van der Waals surface area contributed by atoms with Crippen LogP contribution in [0.2, 0.25) is 0 Å². The standard InChI is InChI=1S/C10H21NO/c1-7(9(3)12)11-8(2)10-5-4-6-10/h7-12H,4-6H2,1-3H3. The zero-order chi connectivity index (χ0) is 9.14. The highest BCUT2D eigenvalue weighted by Crippen LogP contribution is 2.29. The van der Waals surface area contributed by atoms with Crippen molar-refractivity contribution in [3.05, 3.63) is 0 Å². The van der Waals surface area contributed by atoms with Crippen molar-refractivity contribution in [2.75, 3.05) is 0 Å². The molecule has 1 saturated carbocycles. The lowest BCUT2D eigenvalue weighted by atomic mass is 9.80. The van der Waals surface area contributed by atoms with Crippen molar-refractivity contribution in [3.63, 3.8) is 0 Å². The Morgan fingerprint density at radius 2 is 1.83 bits per heavy atom. The van der Waals surface area contributed by atoms with Crippen LogP contribution in [0.3, 0.4) is 0 Å². The fourth-order valence-corrected chi connectivity index (χ4v) is 1.63. The first-order chi connectivity index (χ1) is 5.61. The van der Waals surface area contributed by atoms with Gasteiger partial charge >= 0.3 is 0 Å². The summed E-state index contributed by atoms with van der Waals surface area (Å²) < 4.78 is 0. The first-order valence-corrected chi connectivity index (χ1v) is 5.05. The monoisotopic (exact) mass is 171 g/mol. The lowest BCUT2D eigenvalue weighted by Gasteiger charge is -2.34. The molecule has 0 heterocycles. The number of aliphatic hydroxyl groups excluding tert-OH is 1. The third kappa shape index (κ3) is 2.46. The SMILES string of the molecule is CC(O)C(C)NC(C)C1CCC1. The van der Waals surface area contributed by atoms with Gasteiger partial charge in [0.1, 0.15) is 0 Å². The maximum atomic E-state index is 9.28. The Labute approximate surface area is 75.4 Å². The van der Waals surface area contributed by atoms with Crippen molar-refractivity contribution in [2.24, 2.45) is 5.92 Å². The molecular weight excluding hydrogens is 150 g/mol. The number of hydrogen-bond acceptors (Lipinski definition) is 2. The lowest BCUT2D eigenvalue weighted by molar-refractivity contribution is 0.129. The van der Waals surface area contributed by atoms with Gasteiger partial charge in [0.25, 0.3) is 0 Å². The molecule has 0 aromatic heterocycles. The van der Waals surface area contributed by atoms with E-state index in [1.807, 2.05) is 13.8 Å². The van der Waals surface area contributed by atoms with Crippen LogP contribution >= 0.6 is 0 Å². The van der Waals surface area contributed by atoms with Gasteiger partial charge in [-0.05, 0) is 39.5 Å². The summed E-state index contributed by atoms with van der Waals surface area (Å²) in [5.41, 5.74) is 0. The molecule has 1 fully saturated rings. The molecule has 0 radical (unpaired) electrons. The van der Waals surface area contributed by atoms with Crippen LogP contribution in [0, 0.1) is 5.92 Å². The topological polar surface area (TPSA) is 32.3 Å². The van der Waals surface area contributed by atoms with E-state index in [-0.39, 0.29) is 12.1 Å². The summed E-state index contributed by atoms with van der Waals surface area (Å²) in [4.78, 5) is 0. The van der Waals surface area contributed by atoms with Gasteiger partial charge in [0.15, 0.2) is 0 Å². The molecule has 1 rings (SSSR count). The Kier molecular flexibility index (Phi) is 3.53. The summed E-state index contributed by atoms with van der Waals surface area (Å²) in [5, 5.41) is 12.7. The number of aliphatic hydroxyl groups is 1. The van der Waals surface area contributed by atoms with E-state index >= 15 is 0 Å². The quantitative estimate of drug-likeness (QED) is 0.672. The molecule has 1 aliphatic rings. The Bertz CT molecular complexity index is 132. The average molecular weight is 171 g/mol. The maximum Gasteiger partial charge on any atom is 0.0662 e. The molecule has 2 N–H and O–H groups in total. The molecule has 0 saturated heterocycles. The van der Waals surface area contributed by atoms with Crippen LogP contribution in [0.25, 0.3) is 0 Å². The second-order valence-corrected chi connectivity index (χ2v) is 4.18.